The summed E-state index contributed by atoms with van der Waals surface area (Å²) in [6, 6.07) is 9.76. The Morgan fingerprint density at radius 2 is 1.76 bits per heavy atom. The number of nitrogens with one attached hydrogen (secondary N) is 1. The first-order chi connectivity index (χ1) is 13.7. The second-order valence-corrected chi connectivity index (χ2v) is 7.50. The highest BCUT2D eigenvalue weighted by Gasteiger charge is 2.18. The Morgan fingerprint density at radius 3 is 2.34 bits per heavy atom. The summed E-state index contributed by atoms with van der Waals surface area (Å²) >= 11 is 0. The summed E-state index contributed by atoms with van der Waals surface area (Å²) in [7, 11) is 5.60. The van der Waals surface area contributed by atoms with E-state index in [0.717, 1.165) is 56.1 Å². The molecule has 0 bridgehead atoms. The average Bonchev–Trinajstić information content (AvgIpc) is 2.96. The Labute approximate surface area is 172 Å². The van der Waals surface area contributed by atoms with Gasteiger partial charge >= 0.3 is 0 Å². The molecule has 0 fully saturated rings. The van der Waals surface area contributed by atoms with Crippen LogP contribution in [0.5, 0.6) is 5.75 Å². The average molecular weight is 392 g/mol. The van der Waals surface area contributed by atoms with Gasteiger partial charge < -0.3 is 19.4 Å². The van der Waals surface area contributed by atoms with Gasteiger partial charge in [0.05, 0.1) is 7.11 Å². The fraction of sp³-hybridized carbons (Fsp3) is 0.292. The van der Waals surface area contributed by atoms with Gasteiger partial charge in [0.2, 0.25) is 5.91 Å². The lowest BCUT2D eigenvalue weighted by molar-refractivity contribution is -0.111. The molecule has 3 aromatic rings. The lowest BCUT2D eigenvalue weighted by Crippen LogP contribution is -2.10. The van der Waals surface area contributed by atoms with E-state index in [-0.39, 0.29) is 5.91 Å². The van der Waals surface area contributed by atoms with Crippen molar-refractivity contribution in [3.8, 4) is 5.75 Å². The van der Waals surface area contributed by atoms with Crippen molar-refractivity contribution in [3.05, 3.63) is 58.9 Å². The minimum Gasteiger partial charge on any atom is -0.496 e. The summed E-state index contributed by atoms with van der Waals surface area (Å²) in [4.78, 5) is 14.6. The SMILES string of the molecule is COc1c(/C(C)=C/C(=O)Nc2ccc(N(C)C)cc2)cc2c(C)c(C)oc2c1C. The van der Waals surface area contributed by atoms with E-state index in [4.69, 9.17) is 9.15 Å². The molecule has 5 heteroatoms. The maximum atomic E-state index is 12.6. The fourth-order valence-corrected chi connectivity index (χ4v) is 3.46. The number of aryl methyl sites for hydroxylation is 3. The molecule has 0 aliphatic carbocycles. The molecule has 0 aliphatic rings. The van der Waals surface area contributed by atoms with Crippen LogP contribution in [0.25, 0.3) is 16.5 Å². The van der Waals surface area contributed by atoms with Crippen molar-refractivity contribution in [2.75, 3.05) is 31.4 Å². The van der Waals surface area contributed by atoms with Gasteiger partial charge in [-0.15, -0.1) is 0 Å². The summed E-state index contributed by atoms with van der Waals surface area (Å²) in [5.41, 5.74) is 6.42. The van der Waals surface area contributed by atoms with E-state index >= 15 is 0 Å². The number of anilines is 2. The minimum absolute atomic E-state index is 0.181. The highest BCUT2D eigenvalue weighted by molar-refractivity contribution is 6.05. The number of rotatable bonds is 5. The Balaban J connectivity index is 1.93. The number of allylic oxidation sites excluding steroid dienone is 1. The van der Waals surface area contributed by atoms with Crippen molar-refractivity contribution < 1.29 is 13.9 Å². The number of carbonyl (C=O) groups is 1. The molecule has 0 spiro atoms. The number of benzene rings is 2. The highest BCUT2D eigenvalue weighted by Crippen LogP contribution is 2.38. The van der Waals surface area contributed by atoms with Crippen molar-refractivity contribution >= 4 is 33.8 Å². The van der Waals surface area contributed by atoms with E-state index in [2.05, 4.69) is 5.32 Å². The zero-order valence-corrected chi connectivity index (χ0v) is 18.1. The van der Waals surface area contributed by atoms with E-state index in [9.17, 15) is 4.79 Å². The molecule has 0 atom stereocenters. The van der Waals surface area contributed by atoms with Crippen molar-refractivity contribution in [3.63, 3.8) is 0 Å². The number of ether oxygens (including phenoxy) is 1. The van der Waals surface area contributed by atoms with Gasteiger partial charge in [-0.25, -0.2) is 0 Å². The number of fused-ring (bicyclic) bond motifs is 1. The van der Waals surface area contributed by atoms with Gasteiger partial charge in [0.15, 0.2) is 0 Å². The van der Waals surface area contributed by atoms with E-state index in [1.165, 1.54) is 0 Å². The van der Waals surface area contributed by atoms with Crippen molar-refractivity contribution in [1.29, 1.82) is 0 Å². The van der Waals surface area contributed by atoms with E-state index in [0.29, 0.717) is 0 Å². The molecule has 0 unspecified atom stereocenters. The molecule has 1 amide bonds. The smallest absolute Gasteiger partial charge is 0.248 e. The lowest BCUT2D eigenvalue weighted by Gasteiger charge is -2.14. The third-order valence-electron chi connectivity index (χ3n) is 5.27. The van der Waals surface area contributed by atoms with Crippen molar-refractivity contribution in [2.45, 2.75) is 27.7 Å². The molecule has 1 N–H and O–H groups in total. The molecular formula is C24H28N2O3. The van der Waals surface area contributed by atoms with Gasteiger partial charge in [0, 0.05) is 48.1 Å². The van der Waals surface area contributed by atoms with Gasteiger partial charge in [0.1, 0.15) is 17.1 Å². The molecule has 0 radical (unpaired) electrons. The number of nitrogens with zero attached hydrogens (tertiary/aromatic N) is 1. The van der Waals surface area contributed by atoms with Gasteiger partial charge in [-0.3, -0.25) is 4.79 Å². The predicted octanol–water partition coefficient (Wildman–Crippen LogP) is 5.47. The summed E-state index contributed by atoms with van der Waals surface area (Å²) in [5, 5.41) is 3.96. The first kappa shape index (κ1) is 20.5. The monoisotopic (exact) mass is 392 g/mol. The zero-order valence-electron chi connectivity index (χ0n) is 18.1. The normalized spacial score (nSPS) is 11.6. The van der Waals surface area contributed by atoms with Crippen LogP contribution < -0.4 is 15.0 Å². The maximum Gasteiger partial charge on any atom is 0.248 e. The Bertz CT molecular complexity index is 1090. The summed E-state index contributed by atoms with van der Waals surface area (Å²) in [5.74, 6) is 1.44. The van der Waals surface area contributed by atoms with Crippen LogP contribution in [-0.2, 0) is 4.79 Å². The van der Waals surface area contributed by atoms with Gasteiger partial charge in [0.25, 0.3) is 0 Å². The number of amides is 1. The number of carbonyl (C=O) groups excluding carboxylic acids is 1. The number of furan rings is 1. The largest absolute Gasteiger partial charge is 0.496 e. The molecule has 0 aliphatic heterocycles. The number of methoxy groups -OCH3 is 1. The molecule has 0 saturated carbocycles. The van der Waals surface area contributed by atoms with Crippen LogP contribution >= 0.6 is 0 Å². The third kappa shape index (κ3) is 3.99. The molecule has 1 aromatic heterocycles. The first-order valence-electron chi connectivity index (χ1n) is 9.57. The van der Waals surface area contributed by atoms with E-state index < -0.39 is 0 Å². The Morgan fingerprint density at radius 1 is 1.10 bits per heavy atom. The van der Waals surface area contributed by atoms with Crippen LogP contribution in [0.3, 0.4) is 0 Å². The molecule has 2 aromatic carbocycles. The fourth-order valence-electron chi connectivity index (χ4n) is 3.46. The quantitative estimate of drug-likeness (QED) is 0.585. The van der Waals surface area contributed by atoms with Crippen molar-refractivity contribution in [1.82, 2.24) is 0 Å². The minimum atomic E-state index is -0.181. The Hall–Kier alpha value is -3.21. The van der Waals surface area contributed by atoms with Gasteiger partial charge in [-0.05, 0) is 69.2 Å². The second kappa shape index (κ2) is 8.03. The second-order valence-electron chi connectivity index (χ2n) is 7.50. The first-order valence-corrected chi connectivity index (χ1v) is 9.57. The summed E-state index contributed by atoms with van der Waals surface area (Å²) in [6.07, 6.45) is 1.60. The van der Waals surface area contributed by atoms with Crippen LogP contribution in [0, 0.1) is 20.8 Å². The molecule has 0 saturated heterocycles. The van der Waals surface area contributed by atoms with E-state index in [1.54, 1.807) is 13.2 Å². The van der Waals surface area contributed by atoms with Crippen LogP contribution in [0.15, 0.2) is 40.8 Å². The predicted molar refractivity (Wildman–Crippen MR) is 120 cm³/mol. The molecule has 5 nitrogen and oxygen atoms in total. The lowest BCUT2D eigenvalue weighted by atomic mass is 9.98. The highest BCUT2D eigenvalue weighted by atomic mass is 16.5. The van der Waals surface area contributed by atoms with Crippen molar-refractivity contribution in [2.24, 2.45) is 0 Å². The molecular weight excluding hydrogens is 364 g/mol. The standard InChI is InChI=1S/C24H28N2O3/c1-14(12-22(27)25-18-8-10-19(11-9-18)26(5)6)20-13-21-15(2)17(4)29-24(21)16(3)23(20)28-7/h8-13H,1-7H3,(H,25,27)/b14-12+. The molecule has 29 heavy (non-hydrogen) atoms. The topological polar surface area (TPSA) is 54.7 Å². The number of hydrogen-bond donors (Lipinski definition) is 1. The summed E-state index contributed by atoms with van der Waals surface area (Å²) in [6.45, 7) is 7.89. The number of hydrogen-bond acceptors (Lipinski definition) is 4. The molecule has 3 rings (SSSR count). The summed E-state index contributed by atoms with van der Waals surface area (Å²) < 4.78 is 11.6. The van der Waals surface area contributed by atoms with Crippen LogP contribution in [0.4, 0.5) is 11.4 Å². The Kier molecular flexibility index (Phi) is 5.69. The maximum absolute atomic E-state index is 12.6. The van der Waals surface area contributed by atoms with Crippen LogP contribution in [0.2, 0.25) is 0 Å². The van der Waals surface area contributed by atoms with Gasteiger partial charge in [-0.2, -0.15) is 0 Å². The third-order valence-corrected chi connectivity index (χ3v) is 5.27. The van der Waals surface area contributed by atoms with Crippen LogP contribution in [-0.4, -0.2) is 27.1 Å². The zero-order chi connectivity index (χ0) is 21.3. The molecule has 152 valence electrons. The van der Waals surface area contributed by atoms with Gasteiger partial charge in [-0.1, -0.05) is 0 Å². The van der Waals surface area contributed by atoms with E-state index in [1.807, 2.05) is 77.0 Å². The molecule has 1 heterocycles. The van der Waals surface area contributed by atoms with Crippen LogP contribution in [0.1, 0.15) is 29.4 Å².